The van der Waals surface area contributed by atoms with Crippen molar-refractivity contribution in [3.63, 3.8) is 0 Å². The molecule has 2 N–H and O–H groups in total. The Bertz CT molecular complexity index is 904. The molecule has 146 valence electrons. The van der Waals surface area contributed by atoms with Crippen LogP contribution < -0.4 is 10.6 Å². The topological polar surface area (TPSA) is 91.4 Å². The Hall–Kier alpha value is -2.00. The fourth-order valence-electron chi connectivity index (χ4n) is 2.41. The van der Waals surface area contributed by atoms with Crippen LogP contribution in [-0.2, 0) is 14.8 Å². The summed E-state index contributed by atoms with van der Waals surface area (Å²) in [6, 6.07) is 7.54. The number of pyridine rings is 1. The first-order valence-corrected chi connectivity index (χ1v) is 10.1. The van der Waals surface area contributed by atoms with Crippen LogP contribution in [0.4, 0.5) is 5.69 Å². The van der Waals surface area contributed by atoms with E-state index in [4.69, 9.17) is 11.6 Å². The average molecular weight is 411 g/mol. The number of hydrogen-bond acceptors (Lipinski definition) is 5. The first kappa shape index (κ1) is 21.3. The number of rotatable bonds is 7. The number of halogens is 1. The second-order valence-electron chi connectivity index (χ2n) is 6.32. The quantitative estimate of drug-likeness (QED) is 0.732. The standard InChI is InChI=1S/C18H23ClN4O3S/c1-12(14-6-5-9-20-11-14)21-13(2)18(24)22-15-7-8-16(19)17(10-15)27(25,26)23(3)4/h5-13,21H,1-4H3,(H,22,24). The van der Waals surface area contributed by atoms with E-state index in [9.17, 15) is 13.2 Å². The molecule has 2 aromatic rings. The lowest BCUT2D eigenvalue weighted by Crippen LogP contribution is -2.39. The summed E-state index contributed by atoms with van der Waals surface area (Å²) in [6.45, 7) is 3.67. The van der Waals surface area contributed by atoms with E-state index < -0.39 is 16.1 Å². The van der Waals surface area contributed by atoms with E-state index in [1.165, 1.54) is 26.2 Å². The van der Waals surface area contributed by atoms with Crippen LogP contribution in [-0.4, -0.2) is 43.8 Å². The predicted molar refractivity (Wildman–Crippen MR) is 106 cm³/mol. The highest BCUT2D eigenvalue weighted by atomic mass is 35.5. The van der Waals surface area contributed by atoms with Crippen molar-refractivity contribution < 1.29 is 13.2 Å². The molecular weight excluding hydrogens is 388 g/mol. The smallest absolute Gasteiger partial charge is 0.244 e. The molecule has 0 aliphatic heterocycles. The Kier molecular flexibility index (Phi) is 6.94. The van der Waals surface area contributed by atoms with Crippen molar-refractivity contribution in [3.05, 3.63) is 53.3 Å². The normalized spacial score (nSPS) is 14.0. The van der Waals surface area contributed by atoms with Crippen molar-refractivity contribution in [2.24, 2.45) is 0 Å². The molecule has 0 saturated heterocycles. The number of aromatic nitrogens is 1. The minimum atomic E-state index is -3.71. The van der Waals surface area contributed by atoms with Crippen molar-refractivity contribution >= 4 is 33.2 Å². The van der Waals surface area contributed by atoms with Crippen LogP contribution in [0.3, 0.4) is 0 Å². The van der Waals surface area contributed by atoms with Gasteiger partial charge in [-0.2, -0.15) is 0 Å². The minimum Gasteiger partial charge on any atom is -0.325 e. The van der Waals surface area contributed by atoms with Crippen LogP contribution in [0.5, 0.6) is 0 Å². The molecule has 0 bridgehead atoms. The predicted octanol–water partition coefficient (Wildman–Crippen LogP) is 2.66. The van der Waals surface area contributed by atoms with Crippen molar-refractivity contribution in [1.82, 2.24) is 14.6 Å². The summed E-state index contributed by atoms with van der Waals surface area (Å²) in [4.78, 5) is 16.5. The lowest BCUT2D eigenvalue weighted by atomic mass is 10.1. The molecule has 1 aromatic heterocycles. The van der Waals surface area contributed by atoms with Gasteiger partial charge in [0.15, 0.2) is 0 Å². The second-order valence-corrected chi connectivity index (χ2v) is 8.85. The summed E-state index contributed by atoms with van der Waals surface area (Å²) in [5, 5.41) is 6.00. The molecule has 0 saturated carbocycles. The van der Waals surface area contributed by atoms with Gasteiger partial charge in [-0.25, -0.2) is 12.7 Å². The van der Waals surface area contributed by atoms with Gasteiger partial charge in [-0.3, -0.25) is 15.1 Å². The molecule has 2 atom stereocenters. The van der Waals surface area contributed by atoms with Gasteiger partial charge in [-0.15, -0.1) is 0 Å². The summed E-state index contributed by atoms with van der Waals surface area (Å²) in [7, 11) is -0.875. The lowest BCUT2D eigenvalue weighted by Gasteiger charge is -2.20. The van der Waals surface area contributed by atoms with E-state index in [0.717, 1.165) is 9.87 Å². The van der Waals surface area contributed by atoms with Crippen molar-refractivity contribution in [1.29, 1.82) is 0 Å². The second kappa shape index (κ2) is 8.79. The molecule has 1 amide bonds. The van der Waals surface area contributed by atoms with Gasteiger partial charge in [0, 0.05) is 38.2 Å². The van der Waals surface area contributed by atoms with Gasteiger partial charge in [-0.1, -0.05) is 17.7 Å². The van der Waals surface area contributed by atoms with E-state index in [1.807, 2.05) is 19.1 Å². The van der Waals surface area contributed by atoms with Crippen LogP contribution in [0.2, 0.25) is 5.02 Å². The van der Waals surface area contributed by atoms with Gasteiger partial charge in [-0.05, 0) is 43.7 Å². The van der Waals surface area contributed by atoms with Gasteiger partial charge in [0.25, 0.3) is 0 Å². The van der Waals surface area contributed by atoms with Gasteiger partial charge < -0.3 is 5.32 Å². The fraction of sp³-hybridized carbons (Fsp3) is 0.333. The van der Waals surface area contributed by atoms with Crippen molar-refractivity contribution in [3.8, 4) is 0 Å². The largest absolute Gasteiger partial charge is 0.325 e. The highest BCUT2D eigenvalue weighted by Gasteiger charge is 2.22. The Labute approximate surface area is 164 Å². The molecule has 0 radical (unpaired) electrons. The van der Waals surface area contributed by atoms with Crippen LogP contribution >= 0.6 is 11.6 Å². The van der Waals surface area contributed by atoms with Gasteiger partial charge >= 0.3 is 0 Å². The highest BCUT2D eigenvalue weighted by molar-refractivity contribution is 7.89. The lowest BCUT2D eigenvalue weighted by molar-refractivity contribution is -0.117. The van der Waals surface area contributed by atoms with Gasteiger partial charge in [0.2, 0.25) is 15.9 Å². The van der Waals surface area contributed by atoms with Gasteiger partial charge in [0.05, 0.1) is 11.1 Å². The number of anilines is 1. The zero-order valence-electron chi connectivity index (χ0n) is 15.6. The molecule has 0 aliphatic carbocycles. The number of hydrogen-bond donors (Lipinski definition) is 2. The van der Waals surface area contributed by atoms with Crippen molar-refractivity contribution in [2.75, 3.05) is 19.4 Å². The number of benzene rings is 1. The zero-order chi connectivity index (χ0) is 20.2. The molecule has 27 heavy (non-hydrogen) atoms. The Balaban J connectivity index is 2.11. The Morgan fingerprint density at radius 3 is 2.52 bits per heavy atom. The van der Waals surface area contributed by atoms with E-state index in [0.29, 0.717) is 5.69 Å². The van der Waals surface area contributed by atoms with Crippen molar-refractivity contribution in [2.45, 2.75) is 30.8 Å². The van der Waals surface area contributed by atoms with Gasteiger partial charge in [0.1, 0.15) is 4.90 Å². The monoisotopic (exact) mass is 410 g/mol. The molecule has 1 heterocycles. The maximum atomic E-state index is 12.5. The molecule has 0 aliphatic rings. The Morgan fingerprint density at radius 2 is 1.93 bits per heavy atom. The fourth-order valence-corrected chi connectivity index (χ4v) is 3.80. The summed E-state index contributed by atoms with van der Waals surface area (Å²) in [5.74, 6) is -0.290. The third-order valence-corrected chi connectivity index (χ3v) is 6.33. The van der Waals surface area contributed by atoms with E-state index >= 15 is 0 Å². The van der Waals surface area contributed by atoms with Crippen LogP contribution in [0.1, 0.15) is 25.5 Å². The number of amides is 1. The molecule has 9 heteroatoms. The Morgan fingerprint density at radius 1 is 1.22 bits per heavy atom. The zero-order valence-corrected chi connectivity index (χ0v) is 17.2. The number of sulfonamides is 1. The average Bonchev–Trinajstić information content (AvgIpc) is 2.63. The maximum absolute atomic E-state index is 12.5. The summed E-state index contributed by atoms with van der Waals surface area (Å²) < 4.78 is 25.7. The van der Waals surface area contributed by atoms with Crippen LogP contribution in [0.15, 0.2) is 47.6 Å². The molecule has 7 nitrogen and oxygen atoms in total. The number of nitrogens with one attached hydrogen (secondary N) is 2. The van der Waals surface area contributed by atoms with E-state index in [2.05, 4.69) is 15.6 Å². The maximum Gasteiger partial charge on any atom is 0.244 e. The van der Waals surface area contributed by atoms with E-state index in [-0.39, 0.29) is 21.9 Å². The third kappa shape index (κ3) is 5.26. The number of nitrogens with zero attached hydrogens (tertiary/aromatic N) is 2. The molecule has 0 fully saturated rings. The summed E-state index contributed by atoms with van der Waals surface area (Å²) in [5.41, 5.74) is 1.32. The number of carbonyl (C=O) groups is 1. The first-order valence-electron chi connectivity index (χ1n) is 8.32. The molecular formula is C18H23ClN4O3S. The van der Waals surface area contributed by atoms with Crippen LogP contribution in [0, 0.1) is 0 Å². The molecule has 0 spiro atoms. The first-order chi connectivity index (χ1) is 12.6. The number of carbonyl (C=O) groups excluding carboxylic acids is 1. The summed E-state index contributed by atoms with van der Waals surface area (Å²) >= 11 is 6.02. The SMILES string of the molecule is CC(NC(C)c1cccnc1)C(=O)Nc1ccc(Cl)c(S(=O)(=O)N(C)C)c1. The molecule has 2 unspecified atom stereocenters. The third-order valence-electron chi connectivity index (χ3n) is 4.04. The van der Waals surface area contributed by atoms with Crippen LogP contribution in [0.25, 0.3) is 0 Å². The van der Waals surface area contributed by atoms with E-state index in [1.54, 1.807) is 25.4 Å². The highest BCUT2D eigenvalue weighted by Crippen LogP contribution is 2.27. The molecule has 1 aromatic carbocycles. The minimum absolute atomic E-state index is 0.0590. The summed E-state index contributed by atoms with van der Waals surface area (Å²) in [6.07, 6.45) is 3.42. The molecule has 2 rings (SSSR count).